The lowest BCUT2D eigenvalue weighted by Gasteiger charge is -2.29. The van der Waals surface area contributed by atoms with Crippen LogP contribution < -0.4 is 16.0 Å². The lowest BCUT2D eigenvalue weighted by Crippen LogP contribution is -2.43. The Balaban J connectivity index is 1.60. The Bertz CT molecular complexity index is 1560. The number of aliphatic hydroxyl groups is 1. The first-order valence-corrected chi connectivity index (χ1v) is 12.9. The molecular weight excluding hydrogens is 575 g/mol. The summed E-state index contributed by atoms with van der Waals surface area (Å²) in [5.41, 5.74) is -2.11. The van der Waals surface area contributed by atoms with Crippen LogP contribution in [0.1, 0.15) is 63.0 Å². The van der Waals surface area contributed by atoms with Crippen LogP contribution in [0, 0.1) is 11.6 Å². The predicted octanol–water partition coefficient (Wildman–Crippen LogP) is 4.55. The Kier molecular flexibility index (Phi) is 7.51. The van der Waals surface area contributed by atoms with E-state index in [1.165, 1.54) is 16.7 Å². The van der Waals surface area contributed by atoms with Gasteiger partial charge in [0.15, 0.2) is 0 Å². The zero-order valence-corrected chi connectivity index (χ0v) is 21.7. The van der Waals surface area contributed by atoms with Gasteiger partial charge in [-0.05, 0) is 61.7 Å². The summed E-state index contributed by atoms with van der Waals surface area (Å²) in [6, 6.07) is 4.17. The number of anilines is 1. The summed E-state index contributed by atoms with van der Waals surface area (Å²) >= 11 is 6.30. The molecule has 3 atom stereocenters. The molecule has 0 radical (unpaired) electrons. The maximum atomic E-state index is 14.2. The molecule has 1 aliphatic heterocycles. The first kappa shape index (κ1) is 28.6. The summed E-state index contributed by atoms with van der Waals surface area (Å²) in [5.74, 6) is -4.40. The van der Waals surface area contributed by atoms with Crippen molar-refractivity contribution in [2.45, 2.75) is 50.2 Å². The van der Waals surface area contributed by atoms with Gasteiger partial charge in [-0.15, -0.1) is 0 Å². The number of alkyl halides is 3. The van der Waals surface area contributed by atoms with Crippen LogP contribution in [0.5, 0.6) is 0 Å². The normalized spacial score (nSPS) is 20.4. The van der Waals surface area contributed by atoms with E-state index in [1.807, 2.05) is 0 Å². The maximum Gasteiger partial charge on any atom is 0.416 e. The van der Waals surface area contributed by atoms with Gasteiger partial charge in [0.05, 0.1) is 35.1 Å². The maximum absolute atomic E-state index is 14.2. The zero-order chi connectivity index (χ0) is 29.6. The second kappa shape index (κ2) is 10.8. The Morgan fingerprint density at radius 2 is 1.78 bits per heavy atom. The van der Waals surface area contributed by atoms with E-state index in [0.717, 1.165) is 12.1 Å². The number of aromatic nitrogens is 1. The fourth-order valence-electron chi connectivity index (χ4n) is 5.14. The topological polar surface area (TPSA) is 112 Å². The standard InChI is InChI=1S/C27H22ClF5N4O4/c28-17-5-4-14(29)9-16(17)23-24-19(35-25(40)12-6-13(27(31,32)33)8-15(30)7-12)10-20(37(24)11-22(39)36-23)26(41)34-18-2-1-3-21(18)38/h4-10,18,21,23,38H,1-3,11H2,(H,34,41)(H,35,40)(H,36,39)/t18-,21-,23?/m1/s1. The summed E-state index contributed by atoms with van der Waals surface area (Å²) in [4.78, 5) is 39.1. The van der Waals surface area contributed by atoms with Crippen molar-refractivity contribution < 1.29 is 41.4 Å². The molecular formula is C27H22ClF5N4O4. The lowest BCUT2D eigenvalue weighted by molar-refractivity contribution is -0.137. The van der Waals surface area contributed by atoms with E-state index in [2.05, 4.69) is 16.0 Å². The summed E-state index contributed by atoms with van der Waals surface area (Å²) in [5, 5.41) is 18.0. The van der Waals surface area contributed by atoms with Gasteiger partial charge in [0.2, 0.25) is 5.91 Å². The molecule has 1 saturated carbocycles. The largest absolute Gasteiger partial charge is 0.416 e. The van der Waals surface area contributed by atoms with Gasteiger partial charge in [0.25, 0.3) is 11.8 Å². The molecule has 14 heteroatoms. The molecule has 1 fully saturated rings. The number of nitrogens with zero attached hydrogens (tertiary/aromatic N) is 1. The summed E-state index contributed by atoms with van der Waals surface area (Å²) in [7, 11) is 0. The minimum atomic E-state index is -4.92. The van der Waals surface area contributed by atoms with Gasteiger partial charge in [0, 0.05) is 16.1 Å². The number of rotatable bonds is 5. The minimum Gasteiger partial charge on any atom is -0.391 e. The molecule has 2 heterocycles. The average Bonchev–Trinajstić information content (AvgIpc) is 3.46. The minimum absolute atomic E-state index is 0.0451. The van der Waals surface area contributed by atoms with Gasteiger partial charge in [-0.2, -0.15) is 13.2 Å². The second-order valence-corrected chi connectivity index (χ2v) is 10.2. The summed E-state index contributed by atoms with van der Waals surface area (Å²) in [6.07, 6.45) is -4.05. The number of hydrogen-bond donors (Lipinski definition) is 4. The molecule has 0 spiro atoms. The highest BCUT2D eigenvalue weighted by Gasteiger charge is 2.37. The van der Waals surface area contributed by atoms with E-state index in [9.17, 15) is 41.4 Å². The highest BCUT2D eigenvalue weighted by atomic mass is 35.5. The molecule has 216 valence electrons. The highest BCUT2D eigenvalue weighted by Crippen LogP contribution is 2.38. The fourth-order valence-corrected chi connectivity index (χ4v) is 5.37. The monoisotopic (exact) mass is 596 g/mol. The van der Waals surface area contributed by atoms with Crippen molar-refractivity contribution in [2.75, 3.05) is 5.32 Å². The van der Waals surface area contributed by atoms with Crippen LogP contribution in [0.2, 0.25) is 5.02 Å². The van der Waals surface area contributed by atoms with Gasteiger partial charge < -0.3 is 25.6 Å². The van der Waals surface area contributed by atoms with Crippen molar-refractivity contribution in [3.8, 4) is 0 Å². The molecule has 5 rings (SSSR count). The van der Waals surface area contributed by atoms with Crippen molar-refractivity contribution in [2.24, 2.45) is 0 Å². The van der Waals surface area contributed by atoms with Crippen molar-refractivity contribution in [1.82, 2.24) is 15.2 Å². The van der Waals surface area contributed by atoms with Crippen LogP contribution >= 0.6 is 11.6 Å². The Morgan fingerprint density at radius 3 is 2.46 bits per heavy atom. The quantitative estimate of drug-likeness (QED) is 0.324. The lowest BCUT2D eigenvalue weighted by atomic mass is 10.0. The zero-order valence-electron chi connectivity index (χ0n) is 21.0. The number of amides is 3. The number of halogens is 6. The summed E-state index contributed by atoms with van der Waals surface area (Å²) in [6.45, 7) is -0.400. The molecule has 2 aliphatic rings. The van der Waals surface area contributed by atoms with E-state index in [4.69, 9.17) is 11.6 Å². The number of carbonyl (C=O) groups is 3. The molecule has 8 nitrogen and oxygen atoms in total. The Hall–Kier alpha value is -3.97. The predicted molar refractivity (Wildman–Crippen MR) is 136 cm³/mol. The fraction of sp³-hybridized carbons (Fsp3) is 0.296. The number of benzene rings is 2. The molecule has 0 saturated heterocycles. The summed E-state index contributed by atoms with van der Waals surface area (Å²) < 4.78 is 69.2. The van der Waals surface area contributed by atoms with Crippen LogP contribution in [-0.2, 0) is 17.5 Å². The van der Waals surface area contributed by atoms with Crippen LogP contribution in [0.25, 0.3) is 0 Å². The third-order valence-corrected chi connectivity index (χ3v) is 7.40. The van der Waals surface area contributed by atoms with E-state index in [0.29, 0.717) is 31.4 Å². The van der Waals surface area contributed by atoms with Gasteiger partial charge in [0.1, 0.15) is 23.9 Å². The molecule has 0 bridgehead atoms. The number of hydrogen-bond acceptors (Lipinski definition) is 4. The average molecular weight is 597 g/mol. The number of fused-ring (bicyclic) bond motifs is 1. The van der Waals surface area contributed by atoms with E-state index < -0.39 is 71.4 Å². The van der Waals surface area contributed by atoms with Crippen LogP contribution in [0.3, 0.4) is 0 Å². The molecule has 4 N–H and O–H groups in total. The Labute approximate surface area is 234 Å². The molecule has 1 unspecified atom stereocenters. The highest BCUT2D eigenvalue weighted by molar-refractivity contribution is 6.31. The third kappa shape index (κ3) is 5.77. The van der Waals surface area contributed by atoms with Gasteiger partial charge in [-0.1, -0.05) is 11.6 Å². The molecule has 3 amide bonds. The van der Waals surface area contributed by atoms with Gasteiger partial charge in [-0.3, -0.25) is 14.4 Å². The molecule has 2 aromatic carbocycles. The van der Waals surface area contributed by atoms with Crippen molar-refractivity contribution in [1.29, 1.82) is 0 Å². The molecule has 41 heavy (non-hydrogen) atoms. The van der Waals surface area contributed by atoms with E-state index >= 15 is 0 Å². The van der Waals surface area contributed by atoms with Gasteiger partial charge in [-0.25, -0.2) is 8.78 Å². The molecule has 3 aromatic rings. The number of aliphatic hydroxyl groups excluding tert-OH is 1. The Morgan fingerprint density at radius 1 is 1.02 bits per heavy atom. The third-order valence-electron chi connectivity index (χ3n) is 7.05. The van der Waals surface area contributed by atoms with Crippen LogP contribution in [-0.4, -0.2) is 39.5 Å². The first-order valence-electron chi connectivity index (χ1n) is 12.5. The van der Waals surface area contributed by atoms with E-state index in [-0.39, 0.29) is 33.7 Å². The van der Waals surface area contributed by atoms with Crippen molar-refractivity contribution >= 4 is 35.0 Å². The van der Waals surface area contributed by atoms with Crippen molar-refractivity contribution in [3.63, 3.8) is 0 Å². The van der Waals surface area contributed by atoms with Crippen LogP contribution in [0.15, 0.2) is 42.5 Å². The van der Waals surface area contributed by atoms with E-state index in [1.54, 1.807) is 0 Å². The molecule has 1 aromatic heterocycles. The second-order valence-electron chi connectivity index (χ2n) is 9.84. The SMILES string of the molecule is O=C1Cn2c(C(=O)N[C@@H]3CCC[C@H]3O)cc(NC(=O)c3cc(F)cc(C(F)(F)F)c3)c2C(c2cc(F)ccc2Cl)N1. The number of carbonyl (C=O) groups excluding carboxylic acids is 3. The number of nitrogens with one attached hydrogen (secondary N) is 3. The smallest absolute Gasteiger partial charge is 0.391 e. The van der Waals surface area contributed by atoms with Crippen LogP contribution in [0.4, 0.5) is 27.6 Å². The first-order chi connectivity index (χ1) is 19.3. The molecule has 1 aliphatic carbocycles. The van der Waals surface area contributed by atoms with Gasteiger partial charge >= 0.3 is 6.18 Å². The van der Waals surface area contributed by atoms with Crippen molar-refractivity contribution in [3.05, 3.63) is 87.2 Å².